The topological polar surface area (TPSA) is 105 Å². The molecule has 3 aromatic heterocycles. The molecule has 0 radical (unpaired) electrons. The smallest absolute Gasteiger partial charge is 0.269 e. The Labute approximate surface area is 211 Å². The van der Waals surface area contributed by atoms with Crippen LogP contribution in [0.1, 0.15) is 21.7 Å². The van der Waals surface area contributed by atoms with Gasteiger partial charge in [-0.1, -0.05) is 35.5 Å². The van der Waals surface area contributed by atoms with Crippen molar-refractivity contribution in [3.8, 4) is 28.5 Å². The van der Waals surface area contributed by atoms with Gasteiger partial charge in [-0.2, -0.15) is 0 Å². The van der Waals surface area contributed by atoms with Gasteiger partial charge < -0.3 is 19.5 Å². The van der Waals surface area contributed by atoms with Crippen LogP contribution in [0, 0.1) is 0 Å². The van der Waals surface area contributed by atoms with Crippen molar-refractivity contribution >= 4 is 22.2 Å². The van der Waals surface area contributed by atoms with E-state index in [2.05, 4.69) is 20.6 Å². The molecule has 11 heteroatoms. The number of nitrogens with zero attached hydrogens (tertiary/aromatic N) is 5. The summed E-state index contributed by atoms with van der Waals surface area (Å²) in [7, 11) is 4.71. The van der Waals surface area contributed by atoms with E-state index in [1.165, 1.54) is 11.3 Å². The van der Waals surface area contributed by atoms with Crippen molar-refractivity contribution in [2.45, 2.75) is 13.1 Å². The maximum Gasteiger partial charge on any atom is 0.269 e. The number of hydrogen-bond acceptors (Lipinski definition) is 8. The van der Waals surface area contributed by atoms with E-state index < -0.39 is 0 Å². The molecule has 0 atom stereocenters. The van der Waals surface area contributed by atoms with Gasteiger partial charge in [0.25, 0.3) is 5.91 Å². The van der Waals surface area contributed by atoms with Crippen LogP contribution in [-0.4, -0.2) is 51.6 Å². The summed E-state index contributed by atoms with van der Waals surface area (Å²) in [6.07, 6.45) is 3.67. The average molecular weight is 505 g/mol. The maximum atomic E-state index is 12.9. The molecule has 0 bridgehead atoms. The highest BCUT2D eigenvalue weighted by Crippen LogP contribution is 2.38. The van der Waals surface area contributed by atoms with Gasteiger partial charge in [-0.25, -0.2) is 9.67 Å². The third kappa shape index (κ3) is 4.60. The lowest BCUT2D eigenvalue weighted by Crippen LogP contribution is -2.24. The van der Waals surface area contributed by atoms with Crippen molar-refractivity contribution < 1.29 is 19.0 Å². The zero-order valence-corrected chi connectivity index (χ0v) is 20.8. The molecule has 0 unspecified atom stereocenters. The minimum Gasteiger partial charge on any atom is -0.493 e. The normalized spacial score (nSPS) is 11.0. The summed E-state index contributed by atoms with van der Waals surface area (Å²) in [5.74, 6) is 1.45. The van der Waals surface area contributed by atoms with Crippen LogP contribution >= 0.6 is 11.3 Å². The number of fused-ring (bicyclic) bond motifs is 1. The van der Waals surface area contributed by atoms with Crippen LogP contribution in [-0.2, 0) is 13.1 Å². The standard InChI is InChI=1S/C25H24N6O4S/c1-33-21-9-16(10-22(34-2)23(21)35-3)12-30-13-18(28-29-30)11-26-24(32)20-15-36-25-27-19(14-31(20)25)17-7-5-4-6-8-17/h4-10,13-15H,11-12H2,1-3H3,(H,26,32). The van der Waals surface area contributed by atoms with E-state index in [0.717, 1.165) is 21.8 Å². The lowest BCUT2D eigenvalue weighted by molar-refractivity contribution is 0.0945. The Morgan fingerprint density at radius 1 is 1.03 bits per heavy atom. The Morgan fingerprint density at radius 2 is 1.78 bits per heavy atom. The SMILES string of the molecule is COc1cc(Cn2cc(CNC(=O)c3csc4nc(-c5ccccc5)cn34)nn2)cc(OC)c1OC. The van der Waals surface area contributed by atoms with Crippen molar-refractivity contribution in [3.05, 3.63) is 77.2 Å². The van der Waals surface area contributed by atoms with Crippen LogP contribution < -0.4 is 19.5 Å². The molecule has 0 aliphatic carbocycles. The predicted molar refractivity (Wildman–Crippen MR) is 135 cm³/mol. The van der Waals surface area contributed by atoms with Crippen LogP contribution in [0.25, 0.3) is 16.2 Å². The number of amides is 1. The number of carbonyl (C=O) groups is 1. The van der Waals surface area contributed by atoms with Crippen molar-refractivity contribution in [1.29, 1.82) is 0 Å². The quantitative estimate of drug-likeness (QED) is 0.327. The second-order valence-corrected chi connectivity index (χ2v) is 8.73. The molecule has 0 fully saturated rings. The number of carbonyl (C=O) groups excluding carboxylic acids is 1. The molecule has 0 saturated carbocycles. The predicted octanol–water partition coefficient (Wildman–Crippen LogP) is 3.66. The summed E-state index contributed by atoms with van der Waals surface area (Å²) in [4.78, 5) is 18.3. The second-order valence-electron chi connectivity index (χ2n) is 7.89. The minimum absolute atomic E-state index is 0.211. The highest BCUT2D eigenvalue weighted by atomic mass is 32.1. The molecular formula is C25H24N6O4S. The number of thiazole rings is 1. The molecule has 0 saturated heterocycles. The highest BCUT2D eigenvalue weighted by Gasteiger charge is 2.16. The van der Waals surface area contributed by atoms with Crippen LogP contribution in [0.15, 0.2) is 60.2 Å². The summed E-state index contributed by atoms with van der Waals surface area (Å²) >= 11 is 1.42. The maximum absolute atomic E-state index is 12.9. The molecule has 0 aliphatic heterocycles. The number of hydrogen-bond donors (Lipinski definition) is 1. The third-order valence-electron chi connectivity index (χ3n) is 5.60. The minimum atomic E-state index is -0.211. The Bertz CT molecular complexity index is 1480. The molecule has 0 aliphatic rings. The van der Waals surface area contributed by atoms with Gasteiger partial charge in [-0.3, -0.25) is 9.20 Å². The summed E-state index contributed by atoms with van der Waals surface area (Å²) in [5.41, 5.74) is 3.89. The number of rotatable bonds is 9. The number of methoxy groups -OCH3 is 3. The monoisotopic (exact) mass is 504 g/mol. The summed E-state index contributed by atoms with van der Waals surface area (Å²) in [6.45, 7) is 0.686. The first-order valence-corrected chi connectivity index (χ1v) is 12.0. The van der Waals surface area contributed by atoms with Crippen LogP contribution in [0.2, 0.25) is 0 Å². The molecule has 184 valence electrons. The number of aromatic nitrogens is 5. The van der Waals surface area contributed by atoms with Crippen molar-refractivity contribution in [2.24, 2.45) is 0 Å². The van der Waals surface area contributed by atoms with Gasteiger partial charge in [0.1, 0.15) is 11.4 Å². The van der Waals surface area contributed by atoms with Gasteiger partial charge in [-0.15, -0.1) is 16.4 Å². The zero-order chi connectivity index (χ0) is 25.1. The van der Waals surface area contributed by atoms with Crippen LogP contribution in [0.5, 0.6) is 17.2 Å². The van der Waals surface area contributed by atoms with Gasteiger partial charge in [-0.05, 0) is 17.7 Å². The van der Waals surface area contributed by atoms with E-state index >= 15 is 0 Å². The van der Waals surface area contributed by atoms with E-state index in [0.29, 0.717) is 35.2 Å². The lowest BCUT2D eigenvalue weighted by atomic mass is 10.2. The summed E-state index contributed by atoms with van der Waals surface area (Å²) in [5, 5.41) is 13.1. The van der Waals surface area contributed by atoms with Crippen LogP contribution in [0.3, 0.4) is 0 Å². The number of imidazole rings is 1. The van der Waals surface area contributed by atoms with Gasteiger partial charge in [0, 0.05) is 17.1 Å². The first-order valence-electron chi connectivity index (χ1n) is 11.1. The number of benzene rings is 2. The van der Waals surface area contributed by atoms with Crippen LogP contribution in [0.4, 0.5) is 0 Å². The van der Waals surface area contributed by atoms with Crippen molar-refractivity contribution in [1.82, 2.24) is 29.7 Å². The molecule has 36 heavy (non-hydrogen) atoms. The number of ether oxygens (including phenoxy) is 3. The fourth-order valence-electron chi connectivity index (χ4n) is 3.87. The molecule has 5 aromatic rings. The molecule has 3 heterocycles. The third-order valence-corrected chi connectivity index (χ3v) is 6.44. The Hall–Kier alpha value is -4.38. The Balaban J connectivity index is 1.26. The molecule has 2 aromatic carbocycles. The van der Waals surface area contributed by atoms with Crippen molar-refractivity contribution in [2.75, 3.05) is 21.3 Å². The van der Waals surface area contributed by atoms with E-state index in [1.807, 2.05) is 53.1 Å². The Morgan fingerprint density at radius 3 is 2.47 bits per heavy atom. The molecule has 5 rings (SSSR count). The molecule has 1 N–H and O–H groups in total. The van der Waals surface area contributed by atoms with Crippen molar-refractivity contribution in [3.63, 3.8) is 0 Å². The van der Waals surface area contributed by atoms with Gasteiger partial charge in [0.15, 0.2) is 16.5 Å². The Kier molecular flexibility index (Phi) is 6.54. The molecule has 0 spiro atoms. The van der Waals surface area contributed by atoms with Gasteiger partial charge in [0.05, 0.1) is 46.3 Å². The largest absolute Gasteiger partial charge is 0.493 e. The first kappa shape index (κ1) is 23.4. The lowest BCUT2D eigenvalue weighted by Gasteiger charge is -2.14. The second kappa shape index (κ2) is 10.1. The zero-order valence-electron chi connectivity index (χ0n) is 20.0. The van der Waals surface area contributed by atoms with E-state index in [4.69, 9.17) is 14.2 Å². The van der Waals surface area contributed by atoms with Gasteiger partial charge in [0.2, 0.25) is 5.75 Å². The average Bonchev–Trinajstić information content (AvgIpc) is 3.63. The summed E-state index contributed by atoms with van der Waals surface area (Å²) in [6, 6.07) is 13.6. The first-order chi connectivity index (χ1) is 17.6. The van der Waals surface area contributed by atoms with E-state index in [1.54, 1.807) is 37.6 Å². The molecule has 10 nitrogen and oxygen atoms in total. The fraction of sp³-hybridized carbons (Fsp3) is 0.200. The van der Waals surface area contributed by atoms with E-state index in [-0.39, 0.29) is 12.5 Å². The number of nitrogens with one attached hydrogen (secondary N) is 1. The molecular weight excluding hydrogens is 480 g/mol. The van der Waals surface area contributed by atoms with Gasteiger partial charge >= 0.3 is 0 Å². The molecule has 1 amide bonds. The fourth-order valence-corrected chi connectivity index (χ4v) is 4.72. The summed E-state index contributed by atoms with van der Waals surface area (Å²) < 4.78 is 19.7. The highest BCUT2D eigenvalue weighted by molar-refractivity contribution is 7.15. The van der Waals surface area contributed by atoms with E-state index in [9.17, 15) is 4.79 Å².